The van der Waals surface area contributed by atoms with Gasteiger partial charge in [-0.2, -0.15) is 4.99 Å². The van der Waals surface area contributed by atoms with Gasteiger partial charge in [0.05, 0.1) is 11.4 Å². The molecule has 0 fully saturated rings. The summed E-state index contributed by atoms with van der Waals surface area (Å²) in [6.07, 6.45) is 1.53. The molecular formula is C9H10N2O. The summed E-state index contributed by atoms with van der Waals surface area (Å²) in [5.74, 6) is 0. The normalized spacial score (nSPS) is 8.83. The van der Waals surface area contributed by atoms with Gasteiger partial charge < -0.3 is 4.90 Å². The van der Waals surface area contributed by atoms with E-state index in [-0.39, 0.29) is 0 Å². The molecule has 0 saturated carbocycles. The monoisotopic (exact) mass is 162 g/mol. The highest BCUT2D eigenvalue weighted by Gasteiger charge is 2.00. The van der Waals surface area contributed by atoms with Crippen molar-refractivity contribution in [1.29, 1.82) is 0 Å². The predicted octanol–water partition coefficient (Wildman–Crippen LogP) is 1.72. The first-order chi connectivity index (χ1) is 5.75. The first-order valence-corrected chi connectivity index (χ1v) is 3.60. The molecule has 0 amide bonds. The number of aliphatic imine (C=N–C) groups is 1. The number of isocyanates is 1. The molecule has 0 unspecified atom stereocenters. The minimum Gasteiger partial charge on any atom is -0.376 e. The van der Waals surface area contributed by atoms with Crippen molar-refractivity contribution in [3.05, 3.63) is 24.3 Å². The summed E-state index contributed by atoms with van der Waals surface area (Å²) in [7, 11) is 3.80. The lowest BCUT2D eigenvalue weighted by atomic mass is 10.2. The molecule has 0 aliphatic carbocycles. The van der Waals surface area contributed by atoms with Gasteiger partial charge >= 0.3 is 0 Å². The number of carbonyl (C=O) groups excluding carboxylic acids is 1. The minimum absolute atomic E-state index is 0.650. The second-order valence-corrected chi connectivity index (χ2v) is 2.59. The molecule has 1 rings (SSSR count). The van der Waals surface area contributed by atoms with Crippen LogP contribution in [0.3, 0.4) is 0 Å². The van der Waals surface area contributed by atoms with Crippen molar-refractivity contribution in [2.24, 2.45) is 4.99 Å². The van der Waals surface area contributed by atoms with Crippen molar-refractivity contribution in [2.75, 3.05) is 19.0 Å². The van der Waals surface area contributed by atoms with Crippen molar-refractivity contribution in [2.45, 2.75) is 0 Å². The third kappa shape index (κ3) is 1.71. The molecule has 0 aromatic heterocycles. The van der Waals surface area contributed by atoms with E-state index in [2.05, 4.69) is 4.99 Å². The van der Waals surface area contributed by atoms with E-state index in [0.717, 1.165) is 5.69 Å². The standard InChI is InChI=1S/C9H10N2O/c1-11(2)9-6-4-3-5-8(9)10-7-12/h3-6H,1-2H3. The Hall–Kier alpha value is -1.60. The number of hydrogen-bond donors (Lipinski definition) is 0. The van der Waals surface area contributed by atoms with Gasteiger partial charge in [-0.1, -0.05) is 12.1 Å². The van der Waals surface area contributed by atoms with E-state index < -0.39 is 0 Å². The fraction of sp³-hybridized carbons (Fsp3) is 0.222. The molecule has 0 spiro atoms. The topological polar surface area (TPSA) is 32.7 Å². The van der Waals surface area contributed by atoms with Gasteiger partial charge in [-0.25, -0.2) is 4.79 Å². The molecule has 12 heavy (non-hydrogen) atoms. The maximum Gasteiger partial charge on any atom is 0.240 e. The second kappa shape index (κ2) is 3.69. The minimum atomic E-state index is 0.650. The van der Waals surface area contributed by atoms with Crippen LogP contribution < -0.4 is 4.90 Å². The molecule has 3 nitrogen and oxygen atoms in total. The zero-order valence-electron chi connectivity index (χ0n) is 7.11. The molecule has 62 valence electrons. The maximum atomic E-state index is 10.0. The largest absolute Gasteiger partial charge is 0.376 e. The van der Waals surface area contributed by atoms with Crippen LogP contribution in [0.1, 0.15) is 0 Å². The molecule has 0 aliphatic rings. The van der Waals surface area contributed by atoms with Crippen molar-refractivity contribution in [3.63, 3.8) is 0 Å². The van der Waals surface area contributed by atoms with Gasteiger partial charge in [0.2, 0.25) is 6.08 Å². The van der Waals surface area contributed by atoms with Crippen LogP contribution >= 0.6 is 0 Å². The molecule has 1 aromatic rings. The van der Waals surface area contributed by atoms with Crippen LogP contribution in [0.2, 0.25) is 0 Å². The quantitative estimate of drug-likeness (QED) is 0.490. The Morgan fingerprint density at radius 3 is 2.58 bits per heavy atom. The summed E-state index contributed by atoms with van der Waals surface area (Å²) in [5, 5.41) is 0. The van der Waals surface area contributed by atoms with Crippen molar-refractivity contribution in [3.8, 4) is 0 Å². The van der Waals surface area contributed by atoms with Crippen LogP contribution in [0.25, 0.3) is 0 Å². The van der Waals surface area contributed by atoms with Gasteiger partial charge in [0.15, 0.2) is 0 Å². The number of nitrogens with zero attached hydrogens (tertiary/aromatic N) is 2. The Morgan fingerprint density at radius 2 is 2.00 bits per heavy atom. The Labute approximate surface area is 71.3 Å². The molecule has 0 atom stereocenters. The van der Waals surface area contributed by atoms with Crippen molar-refractivity contribution in [1.82, 2.24) is 0 Å². The molecule has 1 aromatic carbocycles. The Balaban J connectivity index is 3.17. The molecular weight excluding hydrogens is 152 g/mol. The lowest BCUT2D eigenvalue weighted by Crippen LogP contribution is -2.08. The third-order valence-electron chi connectivity index (χ3n) is 1.53. The zero-order valence-corrected chi connectivity index (χ0v) is 7.11. The number of rotatable bonds is 2. The smallest absolute Gasteiger partial charge is 0.240 e. The number of benzene rings is 1. The lowest BCUT2D eigenvalue weighted by molar-refractivity contribution is 0.565. The van der Waals surface area contributed by atoms with E-state index in [1.54, 1.807) is 6.07 Å². The molecule has 0 bridgehead atoms. The number of anilines is 1. The molecule has 0 heterocycles. The highest BCUT2D eigenvalue weighted by Crippen LogP contribution is 2.25. The molecule has 3 heteroatoms. The average molecular weight is 162 g/mol. The summed E-state index contributed by atoms with van der Waals surface area (Å²) in [5.41, 5.74) is 1.57. The van der Waals surface area contributed by atoms with Gasteiger partial charge in [0, 0.05) is 14.1 Å². The maximum absolute atomic E-state index is 10.0. The summed E-state index contributed by atoms with van der Waals surface area (Å²) in [6.45, 7) is 0. The van der Waals surface area contributed by atoms with Crippen molar-refractivity contribution >= 4 is 17.5 Å². The highest BCUT2D eigenvalue weighted by atomic mass is 16.1. The van der Waals surface area contributed by atoms with Crippen LogP contribution in [-0.2, 0) is 4.79 Å². The SMILES string of the molecule is CN(C)c1ccccc1N=C=O. The van der Waals surface area contributed by atoms with Gasteiger partial charge in [-0.05, 0) is 12.1 Å². The molecule has 0 aliphatic heterocycles. The summed E-state index contributed by atoms with van der Waals surface area (Å²) < 4.78 is 0. The van der Waals surface area contributed by atoms with Crippen LogP contribution in [0.4, 0.5) is 11.4 Å². The predicted molar refractivity (Wildman–Crippen MR) is 48.6 cm³/mol. The number of para-hydroxylation sites is 2. The van der Waals surface area contributed by atoms with Gasteiger partial charge in [-0.15, -0.1) is 0 Å². The molecule has 0 N–H and O–H groups in total. The van der Waals surface area contributed by atoms with E-state index >= 15 is 0 Å². The summed E-state index contributed by atoms with van der Waals surface area (Å²) in [6, 6.07) is 7.42. The van der Waals surface area contributed by atoms with Crippen LogP contribution in [0.5, 0.6) is 0 Å². The molecule has 0 radical (unpaired) electrons. The first-order valence-electron chi connectivity index (χ1n) is 3.60. The number of hydrogen-bond acceptors (Lipinski definition) is 3. The van der Waals surface area contributed by atoms with E-state index in [1.165, 1.54) is 6.08 Å². The van der Waals surface area contributed by atoms with Crippen LogP contribution in [-0.4, -0.2) is 20.2 Å². The van der Waals surface area contributed by atoms with E-state index in [9.17, 15) is 4.79 Å². The molecule has 0 saturated heterocycles. The fourth-order valence-electron chi connectivity index (χ4n) is 0.986. The summed E-state index contributed by atoms with van der Waals surface area (Å²) in [4.78, 5) is 15.5. The Bertz CT molecular complexity index is 314. The Kier molecular flexibility index (Phi) is 2.62. The zero-order chi connectivity index (χ0) is 8.97. The van der Waals surface area contributed by atoms with Gasteiger partial charge in [0.25, 0.3) is 0 Å². The third-order valence-corrected chi connectivity index (χ3v) is 1.53. The second-order valence-electron chi connectivity index (χ2n) is 2.59. The van der Waals surface area contributed by atoms with Crippen LogP contribution in [0, 0.1) is 0 Å². The van der Waals surface area contributed by atoms with Crippen LogP contribution in [0.15, 0.2) is 29.3 Å². The van der Waals surface area contributed by atoms with Crippen molar-refractivity contribution < 1.29 is 4.79 Å². The van der Waals surface area contributed by atoms with Gasteiger partial charge in [-0.3, -0.25) is 0 Å². The Morgan fingerprint density at radius 1 is 1.33 bits per heavy atom. The average Bonchev–Trinajstić information content (AvgIpc) is 2.05. The fourth-order valence-corrected chi connectivity index (χ4v) is 0.986. The van der Waals surface area contributed by atoms with E-state index in [0.29, 0.717) is 5.69 Å². The highest BCUT2D eigenvalue weighted by molar-refractivity contribution is 5.68. The lowest BCUT2D eigenvalue weighted by Gasteiger charge is -2.13. The summed E-state index contributed by atoms with van der Waals surface area (Å²) >= 11 is 0. The first kappa shape index (κ1) is 8.50. The van der Waals surface area contributed by atoms with E-state index in [1.807, 2.05) is 37.2 Å². The van der Waals surface area contributed by atoms with Gasteiger partial charge in [0.1, 0.15) is 0 Å². The van der Waals surface area contributed by atoms with E-state index in [4.69, 9.17) is 0 Å².